The minimum Gasteiger partial charge on any atom is -0.341 e. The molecule has 1 aliphatic rings. The van der Waals surface area contributed by atoms with Crippen molar-refractivity contribution in [1.29, 1.82) is 0 Å². The molecule has 0 radical (unpaired) electrons. The fraction of sp³-hybridized carbons (Fsp3) is 0.0909. The van der Waals surface area contributed by atoms with Gasteiger partial charge < -0.3 is 4.90 Å². The number of thiazole rings is 1. The molecule has 0 spiro atoms. The van der Waals surface area contributed by atoms with Gasteiger partial charge in [-0.2, -0.15) is 0 Å². The molecule has 0 bridgehead atoms. The maximum absolute atomic E-state index is 12.9. The minimum atomic E-state index is -0.0104. The van der Waals surface area contributed by atoms with Crippen molar-refractivity contribution in [3.05, 3.63) is 86.8 Å². The van der Waals surface area contributed by atoms with Crippen molar-refractivity contribution in [2.24, 2.45) is 0 Å². The molecule has 27 heavy (non-hydrogen) atoms. The van der Waals surface area contributed by atoms with Crippen LogP contribution in [0.15, 0.2) is 71.2 Å². The molecule has 5 rings (SSSR count). The van der Waals surface area contributed by atoms with E-state index in [1.807, 2.05) is 42.5 Å². The van der Waals surface area contributed by atoms with Gasteiger partial charge in [0.05, 0.1) is 15.6 Å². The lowest BCUT2D eigenvalue weighted by molar-refractivity contribution is 0.972. The molecule has 0 unspecified atom stereocenters. The predicted molar refractivity (Wildman–Crippen MR) is 113 cm³/mol. The van der Waals surface area contributed by atoms with Crippen LogP contribution in [0.1, 0.15) is 12.5 Å². The molecule has 4 nitrogen and oxygen atoms in total. The molecule has 4 aromatic rings. The number of imidazole rings is 1. The second-order valence-electron chi connectivity index (χ2n) is 6.38. The molecule has 0 N–H and O–H groups in total. The average molecular weight is 371 g/mol. The summed E-state index contributed by atoms with van der Waals surface area (Å²) in [5.74, 6) is 0. The molecule has 2 aromatic heterocycles. The van der Waals surface area contributed by atoms with Gasteiger partial charge in [0.25, 0.3) is 5.56 Å². The third kappa shape index (κ3) is 2.51. The average Bonchev–Trinajstić information content (AvgIpc) is 3.22. The lowest BCUT2D eigenvalue weighted by Gasteiger charge is -2.29. The predicted octanol–water partition coefficient (Wildman–Crippen LogP) is 3.85. The number of rotatable bonds is 2. The Morgan fingerprint density at radius 2 is 1.85 bits per heavy atom. The van der Waals surface area contributed by atoms with E-state index in [-0.39, 0.29) is 5.56 Å². The fourth-order valence-corrected chi connectivity index (χ4v) is 4.49. The largest absolute Gasteiger partial charge is 0.341 e. The molecule has 2 aromatic carbocycles. The zero-order valence-electron chi connectivity index (χ0n) is 14.8. The second-order valence-corrected chi connectivity index (χ2v) is 7.39. The van der Waals surface area contributed by atoms with E-state index in [2.05, 4.69) is 47.2 Å². The van der Waals surface area contributed by atoms with Crippen LogP contribution in [-0.4, -0.2) is 15.9 Å². The Morgan fingerprint density at radius 1 is 1.04 bits per heavy atom. The number of fused-ring (bicyclic) bond motifs is 4. The molecule has 1 aliphatic heterocycles. The van der Waals surface area contributed by atoms with E-state index in [1.165, 1.54) is 22.6 Å². The zero-order valence-corrected chi connectivity index (χ0v) is 15.6. The number of nitrogens with zero attached hydrogens (tertiary/aromatic N) is 3. The number of anilines is 1. The summed E-state index contributed by atoms with van der Waals surface area (Å²) in [4.78, 5) is 20.4. The SMILES string of the molecule is CCN1/C(=C\C=c2sc3nc4ccccc4n3c2=O)C=Cc2ccccc21. The molecule has 3 heterocycles. The Labute approximate surface area is 160 Å². The van der Waals surface area contributed by atoms with E-state index in [9.17, 15) is 4.79 Å². The Hall–Kier alpha value is -3.18. The smallest absolute Gasteiger partial charge is 0.274 e. The van der Waals surface area contributed by atoms with Crippen LogP contribution in [0.3, 0.4) is 0 Å². The Morgan fingerprint density at radius 3 is 2.74 bits per heavy atom. The van der Waals surface area contributed by atoms with E-state index >= 15 is 0 Å². The number of allylic oxidation sites excluding steroid dienone is 2. The van der Waals surface area contributed by atoms with Crippen molar-refractivity contribution in [3.63, 3.8) is 0 Å². The number of hydrogen-bond acceptors (Lipinski definition) is 4. The third-order valence-electron chi connectivity index (χ3n) is 4.84. The van der Waals surface area contributed by atoms with E-state index in [4.69, 9.17) is 0 Å². The monoisotopic (exact) mass is 371 g/mol. The first kappa shape index (κ1) is 16.0. The highest BCUT2D eigenvalue weighted by molar-refractivity contribution is 7.15. The van der Waals surface area contributed by atoms with Gasteiger partial charge in [-0.3, -0.25) is 4.79 Å². The van der Waals surface area contributed by atoms with Gasteiger partial charge in [0.1, 0.15) is 0 Å². The van der Waals surface area contributed by atoms with Gasteiger partial charge >= 0.3 is 0 Å². The summed E-state index contributed by atoms with van der Waals surface area (Å²) in [5, 5.41) is 0. The van der Waals surface area contributed by atoms with Gasteiger partial charge in [-0.05, 0) is 48.9 Å². The van der Waals surface area contributed by atoms with Crippen LogP contribution < -0.4 is 15.0 Å². The molecular formula is C22H17N3OS. The Kier molecular flexibility index (Phi) is 3.69. The van der Waals surface area contributed by atoms with E-state index in [1.54, 1.807) is 4.40 Å². The number of benzene rings is 2. The van der Waals surface area contributed by atoms with Crippen LogP contribution in [0.2, 0.25) is 0 Å². The first-order chi connectivity index (χ1) is 13.3. The number of para-hydroxylation sites is 3. The van der Waals surface area contributed by atoms with E-state index in [0.29, 0.717) is 4.53 Å². The molecule has 0 amide bonds. The van der Waals surface area contributed by atoms with E-state index < -0.39 is 0 Å². The normalized spacial score (nSPS) is 16.0. The standard InChI is InChI=1S/C22H17N3OS/c1-2-24-16(12-11-15-7-3-5-9-18(15)24)13-14-20-21(26)25-19-10-6-4-8-17(19)23-22(25)27-20/h3-14H,2H2,1H3/b16-13-,20-14?. The van der Waals surface area contributed by atoms with Crippen LogP contribution in [0, 0.1) is 0 Å². The van der Waals surface area contributed by atoms with Gasteiger partial charge in [0.15, 0.2) is 4.96 Å². The van der Waals surface area contributed by atoms with Crippen LogP contribution in [0.4, 0.5) is 5.69 Å². The molecule has 5 heteroatoms. The quantitative estimate of drug-likeness (QED) is 0.537. The van der Waals surface area contributed by atoms with Crippen LogP contribution in [-0.2, 0) is 0 Å². The Bertz CT molecular complexity index is 1340. The number of aromatic nitrogens is 2. The highest BCUT2D eigenvalue weighted by Crippen LogP contribution is 2.30. The van der Waals surface area contributed by atoms with Crippen molar-refractivity contribution in [2.75, 3.05) is 11.4 Å². The van der Waals surface area contributed by atoms with Crippen LogP contribution in [0.25, 0.3) is 28.1 Å². The molecule has 0 saturated heterocycles. The minimum absolute atomic E-state index is 0.0104. The van der Waals surface area contributed by atoms with Crippen molar-refractivity contribution in [2.45, 2.75) is 6.92 Å². The molecule has 132 valence electrons. The maximum Gasteiger partial charge on any atom is 0.274 e. The summed E-state index contributed by atoms with van der Waals surface area (Å²) in [5.41, 5.74) is 5.19. The summed E-state index contributed by atoms with van der Waals surface area (Å²) >= 11 is 1.43. The molecule has 0 atom stereocenters. The summed E-state index contributed by atoms with van der Waals surface area (Å²) in [6.45, 7) is 3.00. The molecule has 0 fully saturated rings. The molecule has 0 aliphatic carbocycles. The van der Waals surface area contributed by atoms with Crippen molar-refractivity contribution in [3.8, 4) is 0 Å². The Balaban J connectivity index is 1.63. The van der Waals surface area contributed by atoms with Crippen molar-refractivity contribution in [1.82, 2.24) is 9.38 Å². The highest BCUT2D eigenvalue weighted by Gasteiger charge is 2.15. The molecular weight excluding hydrogens is 354 g/mol. The van der Waals surface area contributed by atoms with Crippen molar-refractivity contribution >= 4 is 45.2 Å². The lowest BCUT2D eigenvalue weighted by atomic mass is 10.1. The van der Waals surface area contributed by atoms with E-state index in [0.717, 1.165) is 28.2 Å². The number of likely N-dealkylation sites (N-methyl/N-ethyl adjacent to an activating group) is 1. The van der Waals surface area contributed by atoms with Gasteiger partial charge in [-0.15, -0.1) is 0 Å². The first-order valence-electron chi connectivity index (χ1n) is 8.93. The summed E-state index contributed by atoms with van der Waals surface area (Å²) in [7, 11) is 0. The highest BCUT2D eigenvalue weighted by atomic mass is 32.1. The summed E-state index contributed by atoms with van der Waals surface area (Å²) in [6.07, 6.45) is 8.15. The lowest BCUT2D eigenvalue weighted by Crippen LogP contribution is -2.24. The van der Waals surface area contributed by atoms with Gasteiger partial charge in [0.2, 0.25) is 0 Å². The second kappa shape index (κ2) is 6.21. The third-order valence-corrected chi connectivity index (χ3v) is 5.83. The molecule has 0 saturated carbocycles. The van der Waals surface area contributed by atoms with Crippen molar-refractivity contribution < 1.29 is 0 Å². The fourth-order valence-electron chi connectivity index (χ4n) is 3.56. The summed E-state index contributed by atoms with van der Waals surface area (Å²) < 4.78 is 2.40. The van der Waals surface area contributed by atoms with Crippen LogP contribution in [0.5, 0.6) is 0 Å². The number of hydrogen-bond donors (Lipinski definition) is 0. The van der Waals surface area contributed by atoms with Crippen LogP contribution >= 0.6 is 11.3 Å². The van der Waals surface area contributed by atoms with Gasteiger partial charge in [-0.1, -0.05) is 47.7 Å². The van der Waals surface area contributed by atoms with Gasteiger partial charge in [-0.25, -0.2) is 9.38 Å². The van der Waals surface area contributed by atoms with Gasteiger partial charge in [0, 0.05) is 17.9 Å². The topological polar surface area (TPSA) is 37.6 Å². The maximum atomic E-state index is 12.9. The zero-order chi connectivity index (χ0) is 18.4. The first-order valence-corrected chi connectivity index (χ1v) is 9.74. The summed E-state index contributed by atoms with van der Waals surface area (Å²) in [6, 6.07) is 16.1.